The number of imidazole rings is 1. The maximum atomic E-state index is 10.1. The van der Waals surface area contributed by atoms with E-state index in [9.17, 15) is 5.11 Å². The molecule has 0 bridgehead atoms. The Kier molecular flexibility index (Phi) is 5.16. The van der Waals surface area contributed by atoms with E-state index in [2.05, 4.69) is 21.4 Å². The van der Waals surface area contributed by atoms with Gasteiger partial charge in [-0.15, -0.1) is 0 Å². The van der Waals surface area contributed by atoms with Crippen LogP contribution in [0.25, 0.3) is 0 Å². The zero-order chi connectivity index (χ0) is 12.8. The lowest BCUT2D eigenvalue weighted by Gasteiger charge is -2.28. The van der Waals surface area contributed by atoms with Crippen LogP contribution in [0.15, 0.2) is 12.4 Å². The van der Waals surface area contributed by atoms with Crippen LogP contribution in [-0.4, -0.2) is 58.5 Å². The van der Waals surface area contributed by atoms with E-state index in [0.29, 0.717) is 13.1 Å². The van der Waals surface area contributed by atoms with Gasteiger partial charge in [0.15, 0.2) is 0 Å². The fourth-order valence-corrected chi connectivity index (χ4v) is 2.32. The summed E-state index contributed by atoms with van der Waals surface area (Å²) in [7, 11) is 0. The second kappa shape index (κ2) is 6.87. The molecule has 1 unspecified atom stereocenters. The third-order valence-corrected chi connectivity index (χ3v) is 3.26. The van der Waals surface area contributed by atoms with Gasteiger partial charge < -0.3 is 14.4 Å². The minimum absolute atomic E-state index is 0.340. The number of nitrogens with zero attached hydrogens (tertiary/aromatic N) is 3. The first-order valence-electron chi connectivity index (χ1n) is 6.77. The Balaban J connectivity index is 1.82. The van der Waals surface area contributed by atoms with E-state index in [0.717, 1.165) is 45.0 Å². The highest BCUT2D eigenvalue weighted by atomic mass is 16.5. The Morgan fingerprint density at radius 3 is 2.89 bits per heavy atom. The van der Waals surface area contributed by atoms with Crippen LogP contribution in [0.5, 0.6) is 0 Å². The molecule has 1 aromatic rings. The number of aromatic nitrogens is 2. The van der Waals surface area contributed by atoms with Crippen molar-refractivity contribution in [2.24, 2.45) is 0 Å². The molecule has 102 valence electrons. The molecule has 1 aromatic heterocycles. The van der Waals surface area contributed by atoms with Crippen LogP contribution >= 0.6 is 0 Å². The smallest absolute Gasteiger partial charge is 0.108 e. The van der Waals surface area contributed by atoms with Gasteiger partial charge in [0.2, 0.25) is 0 Å². The van der Waals surface area contributed by atoms with E-state index >= 15 is 0 Å². The fourth-order valence-electron chi connectivity index (χ4n) is 2.32. The van der Waals surface area contributed by atoms with Gasteiger partial charge in [-0.2, -0.15) is 0 Å². The molecule has 18 heavy (non-hydrogen) atoms. The quantitative estimate of drug-likeness (QED) is 0.803. The van der Waals surface area contributed by atoms with E-state index in [4.69, 9.17) is 4.74 Å². The highest BCUT2D eigenvalue weighted by Crippen LogP contribution is 2.05. The van der Waals surface area contributed by atoms with E-state index in [1.54, 1.807) is 0 Å². The average Bonchev–Trinajstić information content (AvgIpc) is 2.78. The van der Waals surface area contributed by atoms with Gasteiger partial charge in [-0.1, -0.05) is 6.92 Å². The Morgan fingerprint density at radius 1 is 1.39 bits per heavy atom. The molecule has 1 N–H and O–H groups in total. The molecular formula is C13H23N3O2. The number of ether oxygens (including phenoxy) is 1. The molecule has 1 fully saturated rings. The van der Waals surface area contributed by atoms with Crippen molar-refractivity contribution in [3.05, 3.63) is 18.2 Å². The summed E-state index contributed by atoms with van der Waals surface area (Å²) < 4.78 is 7.36. The Hall–Kier alpha value is -0.910. The molecule has 1 aliphatic heterocycles. The lowest BCUT2D eigenvalue weighted by atomic mass is 10.2. The van der Waals surface area contributed by atoms with Crippen LogP contribution in [0.4, 0.5) is 0 Å². The highest BCUT2D eigenvalue weighted by molar-refractivity contribution is 4.93. The third-order valence-electron chi connectivity index (χ3n) is 3.26. The SMILES string of the molecule is CCCc1nccn1CC(O)CN1CCOCC1. The zero-order valence-corrected chi connectivity index (χ0v) is 11.1. The van der Waals surface area contributed by atoms with E-state index in [1.807, 2.05) is 12.4 Å². The van der Waals surface area contributed by atoms with Crippen LogP contribution in [0, 0.1) is 0 Å². The summed E-state index contributed by atoms with van der Waals surface area (Å²) in [5.74, 6) is 1.07. The molecule has 1 saturated heterocycles. The summed E-state index contributed by atoms with van der Waals surface area (Å²) in [6.45, 7) is 6.88. The lowest BCUT2D eigenvalue weighted by molar-refractivity contribution is 0.0114. The van der Waals surface area contributed by atoms with Crippen LogP contribution in [0.2, 0.25) is 0 Å². The van der Waals surface area contributed by atoms with Crippen molar-refractivity contribution in [1.29, 1.82) is 0 Å². The summed E-state index contributed by atoms with van der Waals surface area (Å²) in [4.78, 5) is 6.58. The van der Waals surface area contributed by atoms with Gasteiger partial charge in [0, 0.05) is 38.4 Å². The van der Waals surface area contributed by atoms with E-state index < -0.39 is 0 Å². The number of aliphatic hydroxyl groups is 1. The molecule has 1 aliphatic rings. The molecule has 0 radical (unpaired) electrons. The molecule has 0 aromatic carbocycles. The molecule has 0 aliphatic carbocycles. The highest BCUT2D eigenvalue weighted by Gasteiger charge is 2.15. The molecule has 0 spiro atoms. The minimum atomic E-state index is -0.340. The van der Waals surface area contributed by atoms with Crippen LogP contribution < -0.4 is 0 Å². The number of β-amino-alcohol motifs (C(OH)–C–C–N with tert-alkyl or cyclic N) is 1. The van der Waals surface area contributed by atoms with Crippen molar-refractivity contribution in [2.45, 2.75) is 32.4 Å². The van der Waals surface area contributed by atoms with Crippen LogP contribution in [0.1, 0.15) is 19.2 Å². The van der Waals surface area contributed by atoms with E-state index in [-0.39, 0.29) is 6.10 Å². The number of hydrogen-bond acceptors (Lipinski definition) is 4. The Bertz CT molecular complexity index is 348. The van der Waals surface area contributed by atoms with Crippen molar-refractivity contribution in [3.63, 3.8) is 0 Å². The summed E-state index contributed by atoms with van der Waals surface area (Å²) in [6, 6.07) is 0. The van der Waals surface area contributed by atoms with Crippen molar-refractivity contribution in [1.82, 2.24) is 14.5 Å². The summed E-state index contributed by atoms with van der Waals surface area (Å²) in [5, 5.41) is 10.1. The van der Waals surface area contributed by atoms with Gasteiger partial charge in [-0.25, -0.2) is 4.98 Å². The van der Waals surface area contributed by atoms with Gasteiger partial charge >= 0.3 is 0 Å². The average molecular weight is 253 g/mol. The predicted molar refractivity (Wildman–Crippen MR) is 69.5 cm³/mol. The van der Waals surface area contributed by atoms with Crippen molar-refractivity contribution in [3.8, 4) is 0 Å². The van der Waals surface area contributed by atoms with Gasteiger partial charge in [-0.3, -0.25) is 4.90 Å². The molecule has 2 heterocycles. The van der Waals surface area contributed by atoms with Gasteiger partial charge in [0.1, 0.15) is 5.82 Å². The molecule has 5 nitrogen and oxygen atoms in total. The standard InChI is InChI=1S/C13H23N3O2/c1-2-3-13-14-4-5-16(13)11-12(17)10-15-6-8-18-9-7-15/h4-5,12,17H,2-3,6-11H2,1H3. The number of aryl methyl sites for hydroxylation is 1. The topological polar surface area (TPSA) is 50.5 Å². The monoisotopic (exact) mass is 253 g/mol. The number of hydrogen-bond donors (Lipinski definition) is 1. The first-order chi connectivity index (χ1) is 8.79. The third kappa shape index (κ3) is 3.80. The molecular weight excluding hydrogens is 230 g/mol. The molecule has 0 saturated carbocycles. The second-order valence-electron chi connectivity index (χ2n) is 4.81. The van der Waals surface area contributed by atoms with E-state index in [1.165, 1.54) is 0 Å². The number of aliphatic hydroxyl groups excluding tert-OH is 1. The predicted octanol–water partition coefficient (Wildman–Crippen LogP) is 0.529. The second-order valence-corrected chi connectivity index (χ2v) is 4.81. The summed E-state index contributed by atoms with van der Waals surface area (Å²) >= 11 is 0. The summed E-state index contributed by atoms with van der Waals surface area (Å²) in [6.07, 6.45) is 5.47. The lowest BCUT2D eigenvalue weighted by Crippen LogP contribution is -2.42. The first kappa shape index (κ1) is 13.5. The Morgan fingerprint density at radius 2 is 2.17 bits per heavy atom. The molecule has 1 atom stereocenters. The number of rotatable bonds is 6. The maximum absolute atomic E-state index is 10.1. The van der Waals surface area contributed by atoms with Crippen LogP contribution in [-0.2, 0) is 17.7 Å². The van der Waals surface area contributed by atoms with Crippen molar-refractivity contribution < 1.29 is 9.84 Å². The van der Waals surface area contributed by atoms with Crippen molar-refractivity contribution >= 4 is 0 Å². The first-order valence-corrected chi connectivity index (χ1v) is 6.77. The van der Waals surface area contributed by atoms with Gasteiger partial charge in [-0.05, 0) is 6.42 Å². The van der Waals surface area contributed by atoms with Crippen molar-refractivity contribution in [2.75, 3.05) is 32.8 Å². The molecule has 0 amide bonds. The van der Waals surface area contributed by atoms with Crippen LogP contribution in [0.3, 0.4) is 0 Å². The van der Waals surface area contributed by atoms with Gasteiger partial charge in [0.25, 0.3) is 0 Å². The fraction of sp³-hybridized carbons (Fsp3) is 0.769. The van der Waals surface area contributed by atoms with Gasteiger partial charge in [0.05, 0.1) is 25.9 Å². The Labute approximate surface area is 108 Å². The molecule has 5 heteroatoms. The maximum Gasteiger partial charge on any atom is 0.108 e. The molecule has 2 rings (SSSR count). The largest absolute Gasteiger partial charge is 0.390 e. The normalized spacial score (nSPS) is 19.0. The summed E-state index contributed by atoms with van der Waals surface area (Å²) in [5.41, 5.74) is 0. The zero-order valence-electron chi connectivity index (χ0n) is 11.1. The minimum Gasteiger partial charge on any atom is -0.390 e. The number of morpholine rings is 1.